The Hall–Kier alpha value is -1.26. The molecule has 0 bridgehead atoms. The van der Waals surface area contributed by atoms with Gasteiger partial charge >= 0.3 is 0 Å². The van der Waals surface area contributed by atoms with E-state index in [2.05, 4.69) is 0 Å². The summed E-state index contributed by atoms with van der Waals surface area (Å²) in [7, 11) is 0.599. The first-order chi connectivity index (χ1) is 7.49. The molecule has 0 aliphatic carbocycles. The Morgan fingerprint density at radius 2 is 1.88 bits per heavy atom. The summed E-state index contributed by atoms with van der Waals surface area (Å²) in [5.74, 6) is -0.182. The van der Waals surface area contributed by atoms with E-state index in [1.54, 1.807) is 12.1 Å². The highest BCUT2D eigenvalue weighted by molar-refractivity contribution is 6.08. The minimum Gasteiger partial charge on any atom is -0.421 e. The summed E-state index contributed by atoms with van der Waals surface area (Å²) < 4.78 is 5.34. The maximum Gasteiger partial charge on any atom is 0.160 e. The minimum atomic E-state index is -0.134. The van der Waals surface area contributed by atoms with Crippen LogP contribution in [-0.2, 0) is 4.43 Å². The number of ketones is 2. The molecule has 0 spiro atoms. The van der Waals surface area contributed by atoms with Crippen LogP contribution in [0.25, 0.3) is 0 Å². The first-order valence-electron chi connectivity index (χ1n) is 5.16. The number of hydrogen-bond donors (Lipinski definition) is 0. The van der Waals surface area contributed by atoms with E-state index in [1.165, 1.54) is 13.8 Å². The van der Waals surface area contributed by atoms with Gasteiger partial charge in [-0.1, -0.05) is 18.2 Å². The Morgan fingerprint density at radius 1 is 1.25 bits per heavy atom. The Balaban J connectivity index is 3.44. The van der Waals surface area contributed by atoms with Crippen LogP contribution in [0.4, 0.5) is 0 Å². The third-order valence-corrected chi connectivity index (χ3v) is 3.33. The summed E-state index contributed by atoms with van der Waals surface area (Å²) in [5.41, 5.74) is 1.78. The molecule has 0 aliphatic heterocycles. The van der Waals surface area contributed by atoms with Crippen molar-refractivity contribution >= 4 is 22.1 Å². The van der Waals surface area contributed by atoms with Gasteiger partial charge in [0.1, 0.15) is 10.5 Å². The number of hydrogen-bond acceptors (Lipinski definition) is 3. The molecule has 0 aliphatic rings. The first-order valence-corrected chi connectivity index (χ1v) is 5.98. The van der Waals surface area contributed by atoms with Crippen molar-refractivity contribution in [1.82, 2.24) is 0 Å². The molecule has 4 heteroatoms. The molecule has 0 amide bonds. The molecule has 0 fully saturated rings. The molecule has 0 saturated heterocycles. The van der Waals surface area contributed by atoms with E-state index in [1.807, 2.05) is 13.0 Å². The summed E-state index contributed by atoms with van der Waals surface area (Å²) in [6.07, 6.45) is -0.134. The van der Waals surface area contributed by atoms with Gasteiger partial charge in [-0.2, -0.15) is 0 Å². The van der Waals surface area contributed by atoms with Gasteiger partial charge in [-0.3, -0.25) is 9.59 Å². The normalized spacial score (nSPS) is 12.4. The zero-order chi connectivity index (χ0) is 12.3. The average molecular weight is 236 g/mol. The van der Waals surface area contributed by atoms with Crippen molar-refractivity contribution in [2.45, 2.75) is 26.9 Å². The third-order valence-electron chi connectivity index (χ3n) is 2.62. The van der Waals surface area contributed by atoms with Gasteiger partial charge in [0.15, 0.2) is 11.6 Å². The fraction of sp³-hybridized carbons (Fsp3) is 0.333. The summed E-state index contributed by atoms with van der Waals surface area (Å²) in [6.45, 7) is 4.83. The van der Waals surface area contributed by atoms with E-state index in [9.17, 15) is 9.59 Å². The van der Waals surface area contributed by atoms with E-state index in [4.69, 9.17) is 4.43 Å². The molecule has 1 rings (SSSR count). The van der Waals surface area contributed by atoms with Crippen LogP contribution < -0.4 is 0 Å². The molecule has 1 aromatic rings. The Bertz CT molecular complexity index is 426. The molecule has 0 aromatic heterocycles. The van der Waals surface area contributed by atoms with Crippen molar-refractivity contribution in [1.29, 1.82) is 0 Å². The highest BCUT2D eigenvalue weighted by Crippen LogP contribution is 2.24. The number of Topliss-reactive ketones (excluding diaryl/α,β-unsaturated/α-hetero) is 2. The predicted molar refractivity (Wildman–Crippen MR) is 65.9 cm³/mol. The number of rotatable bonds is 4. The lowest BCUT2D eigenvalue weighted by atomic mass is 9.93. The van der Waals surface area contributed by atoms with Crippen LogP contribution in [0, 0.1) is 0 Å². The van der Waals surface area contributed by atoms with Crippen LogP contribution >= 0.6 is 0 Å². The van der Waals surface area contributed by atoms with Gasteiger partial charge in [0, 0.05) is 11.1 Å². The molecule has 0 N–H and O–H groups in total. The molecular weight excluding hydrogens is 220 g/mol. The molecule has 0 radical (unpaired) electrons. The summed E-state index contributed by atoms with van der Waals surface area (Å²) in [6, 6.07) is 5.31. The Kier molecular flexibility index (Phi) is 4.15. The van der Waals surface area contributed by atoms with Crippen LogP contribution in [0.3, 0.4) is 0 Å². The van der Waals surface area contributed by atoms with E-state index >= 15 is 0 Å². The lowest BCUT2D eigenvalue weighted by Crippen LogP contribution is -2.11. The van der Waals surface area contributed by atoms with Gasteiger partial charge in [0.05, 0.1) is 6.10 Å². The standard InChI is InChI=1S/C12H16O3Si/c1-7(13)10-5-4-6-11(9(3)15-16)12(10)8(2)14/h4-6,9H,1-3,16H3. The zero-order valence-corrected chi connectivity index (χ0v) is 12.0. The second-order valence-electron chi connectivity index (χ2n) is 3.76. The van der Waals surface area contributed by atoms with Gasteiger partial charge in [0.25, 0.3) is 0 Å². The fourth-order valence-corrected chi connectivity index (χ4v) is 1.98. The molecule has 86 valence electrons. The molecule has 0 heterocycles. The van der Waals surface area contributed by atoms with Gasteiger partial charge in [0.2, 0.25) is 0 Å². The smallest absolute Gasteiger partial charge is 0.160 e. The summed E-state index contributed by atoms with van der Waals surface area (Å²) >= 11 is 0. The quantitative estimate of drug-likeness (QED) is 0.587. The highest BCUT2D eigenvalue weighted by Gasteiger charge is 2.18. The van der Waals surface area contributed by atoms with E-state index < -0.39 is 0 Å². The topological polar surface area (TPSA) is 43.4 Å². The van der Waals surface area contributed by atoms with E-state index in [0.717, 1.165) is 5.56 Å². The molecular formula is C12H16O3Si. The largest absolute Gasteiger partial charge is 0.421 e. The average Bonchev–Trinajstić information content (AvgIpc) is 2.26. The number of carbonyl (C=O) groups is 2. The van der Waals surface area contributed by atoms with Gasteiger partial charge in [-0.05, 0) is 26.3 Å². The molecule has 1 unspecified atom stereocenters. The van der Waals surface area contributed by atoms with Gasteiger partial charge < -0.3 is 4.43 Å². The lowest BCUT2D eigenvalue weighted by molar-refractivity contribution is 0.0977. The van der Waals surface area contributed by atoms with Crippen LogP contribution in [0.2, 0.25) is 0 Å². The number of benzene rings is 1. The minimum absolute atomic E-state index is 0.0902. The predicted octanol–water partition coefficient (Wildman–Crippen LogP) is 1.45. The first kappa shape index (κ1) is 12.8. The molecule has 0 saturated carbocycles. The van der Waals surface area contributed by atoms with Crippen molar-refractivity contribution in [3.63, 3.8) is 0 Å². The zero-order valence-electron chi connectivity index (χ0n) is 10.0. The Morgan fingerprint density at radius 3 is 2.31 bits per heavy atom. The van der Waals surface area contributed by atoms with Crippen molar-refractivity contribution in [2.75, 3.05) is 0 Å². The van der Waals surface area contributed by atoms with Crippen molar-refractivity contribution in [3.8, 4) is 0 Å². The number of carbonyl (C=O) groups excluding carboxylic acids is 2. The van der Waals surface area contributed by atoms with E-state index in [-0.39, 0.29) is 17.7 Å². The van der Waals surface area contributed by atoms with Crippen molar-refractivity contribution in [2.24, 2.45) is 0 Å². The summed E-state index contributed by atoms with van der Waals surface area (Å²) in [5, 5.41) is 0. The monoisotopic (exact) mass is 236 g/mol. The SMILES string of the molecule is CC(=O)c1cccc(C(C)O[SiH3])c1C(C)=O. The van der Waals surface area contributed by atoms with Crippen molar-refractivity contribution < 1.29 is 14.0 Å². The summed E-state index contributed by atoms with van der Waals surface area (Å²) in [4.78, 5) is 23.1. The molecule has 16 heavy (non-hydrogen) atoms. The second-order valence-corrected chi connectivity index (χ2v) is 4.23. The van der Waals surface area contributed by atoms with Gasteiger partial charge in [-0.25, -0.2) is 0 Å². The Labute approximate surface area is 98.4 Å². The molecule has 1 aromatic carbocycles. The second kappa shape index (κ2) is 5.18. The van der Waals surface area contributed by atoms with Crippen molar-refractivity contribution in [3.05, 3.63) is 34.9 Å². The lowest BCUT2D eigenvalue weighted by Gasteiger charge is -2.16. The van der Waals surface area contributed by atoms with Crippen LogP contribution in [0.1, 0.15) is 53.2 Å². The molecule has 1 atom stereocenters. The third kappa shape index (κ3) is 2.45. The maximum atomic E-state index is 11.6. The van der Waals surface area contributed by atoms with E-state index in [0.29, 0.717) is 21.6 Å². The van der Waals surface area contributed by atoms with Gasteiger partial charge in [-0.15, -0.1) is 0 Å². The van der Waals surface area contributed by atoms with Crippen LogP contribution in [0.5, 0.6) is 0 Å². The maximum absolute atomic E-state index is 11.6. The van der Waals surface area contributed by atoms with Crippen LogP contribution in [0.15, 0.2) is 18.2 Å². The molecule has 3 nitrogen and oxygen atoms in total. The van der Waals surface area contributed by atoms with Crippen LogP contribution in [-0.4, -0.2) is 22.1 Å². The fourth-order valence-electron chi connectivity index (χ4n) is 1.72. The highest BCUT2D eigenvalue weighted by atomic mass is 28.2.